The zero-order chi connectivity index (χ0) is 17.2. The van der Waals surface area contributed by atoms with E-state index >= 15 is 0 Å². The normalized spacial score (nSPS) is 16.7. The molecule has 0 saturated carbocycles. The zero-order valence-electron chi connectivity index (χ0n) is 13.0. The van der Waals surface area contributed by atoms with Crippen molar-refractivity contribution < 1.29 is 13.5 Å². The largest absolute Gasteiger partial charge is 0.393 e. The number of aliphatic hydroxyl groups is 1. The maximum atomic E-state index is 12.7. The molecule has 24 heavy (non-hydrogen) atoms. The molecule has 3 rings (SSSR count). The monoisotopic (exact) mass is 343 g/mol. The number of aliphatic hydroxyl groups excluding tert-OH is 1. The van der Waals surface area contributed by atoms with Crippen molar-refractivity contribution in [3.8, 4) is 17.3 Å². The van der Waals surface area contributed by atoms with Gasteiger partial charge < -0.3 is 5.11 Å². The molecule has 124 valence electrons. The van der Waals surface area contributed by atoms with Gasteiger partial charge in [0, 0.05) is 18.7 Å². The first-order chi connectivity index (χ1) is 11.5. The van der Waals surface area contributed by atoms with Crippen molar-refractivity contribution in [2.24, 2.45) is 0 Å². The summed E-state index contributed by atoms with van der Waals surface area (Å²) in [5.74, 6) is 0. The quantitative estimate of drug-likeness (QED) is 0.916. The van der Waals surface area contributed by atoms with E-state index in [4.69, 9.17) is 5.26 Å². The Morgan fingerprint density at radius 1 is 1.12 bits per heavy atom. The summed E-state index contributed by atoms with van der Waals surface area (Å²) < 4.78 is 26.8. The van der Waals surface area contributed by atoms with Crippen molar-refractivity contribution >= 4 is 10.0 Å². The molecule has 1 aromatic carbocycles. The molecule has 1 aliphatic heterocycles. The van der Waals surface area contributed by atoms with Gasteiger partial charge in [-0.2, -0.15) is 9.57 Å². The third-order valence-electron chi connectivity index (χ3n) is 4.06. The summed E-state index contributed by atoms with van der Waals surface area (Å²) in [5, 5.41) is 18.4. The molecule has 1 aliphatic rings. The molecule has 2 aromatic rings. The summed E-state index contributed by atoms with van der Waals surface area (Å²) >= 11 is 0. The molecule has 1 N–H and O–H groups in total. The van der Waals surface area contributed by atoms with Gasteiger partial charge in [-0.05, 0) is 37.1 Å². The van der Waals surface area contributed by atoms with E-state index in [0.29, 0.717) is 37.2 Å². The number of hydrogen-bond donors (Lipinski definition) is 1. The summed E-state index contributed by atoms with van der Waals surface area (Å²) in [7, 11) is -3.67. The van der Waals surface area contributed by atoms with E-state index < -0.39 is 16.1 Å². The van der Waals surface area contributed by atoms with E-state index in [9.17, 15) is 13.5 Å². The Kier molecular flexibility index (Phi) is 4.62. The van der Waals surface area contributed by atoms with Crippen LogP contribution in [0.2, 0.25) is 0 Å². The Morgan fingerprint density at radius 2 is 1.79 bits per heavy atom. The lowest BCUT2D eigenvalue weighted by Gasteiger charge is -2.28. The molecule has 0 spiro atoms. The summed E-state index contributed by atoms with van der Waals surface area (Å²) in [6.07, 6.45) is 0.442. The average Bonchev–Trinajstić information content (AvgIpc) is 2.62. The van der Waals surface area contributed by atoms with Crippen LogP contribution < -0.4 is 0 Å². The van der Waals surface area contributed by atoms with Gasteiger partial charge in [-0.3, -0.25) is 0 Å². The third kappa shape index (κ3) is 3.31. The predicted octanol–water partition coefficient (Wildman–Crippen LogP) is 1.77. The molecule has 7 heteroatoms. The van der Waals surface area contributed by atoms with E-state index in [2.05, 4.69) is 4.98 Å². The molecule has 0 bridgehead atoms. The molecule has 0 radical (unpaired) electrons. The molecule has 0 amide bonds. The first-order valence-electron chi connectivity index (χ1n) is 7.66. The topological polar surface area (TPSA) is 94.3 Å². The van der Waals surface area contributed by atoms with Crippen LogP contribution in [-0.2, 0) is 10.0 Å². The van der Waals surface area contributed by atoms with Crippen LogP contribution in [0.15, 0.2) is 47.5 Å². The third-order valence-corrected chi connectivity index (χ3v) is 5.86. The highest BCUT2D eigenvalue weighted by Crippen LogP contribution is 2.23. The minimum Gasteiger partial charge on any atom is -0.393 e. The van der Waals surface area contributed by atoms with E-state index in [1.807, 2.05) is 6.07 Å². The second-order valence-corrected chi connectivity index (χ2v) is 7.57. The first kappa shape index (κ1) is 16.6. The van der Waals surface area contributed by atoms with Crippen molar-refractivity contribution in [3.05, 3.63) is 48.0 Å². The van der Waals surface area contributed by atoms with E-state index in [-0.39, 0.29) is 5.03 Å². The van der Waals surface area contributed by atoms with Crippen molar-refractivity contribution in [1.82, 2.24) is 9.29 Å². The number of hydrogen-bond acceptors (Lipinski definition) is 5. The Balaban J connectivity index is 1.90. The summed E-state index contributed by atoms with van der Waals surface area (Å²) in [4.78, 5) is 4.29. The molecule has 1 aromatic heterocycles. The van der Waals surface area contributed by atoms with Gasteiger partial charge in [0.25, 0.3) is 10.0 Å². The highest BCUT2D eigenvalue weighted by Gasteiger charge is 2.29. The van der Waals surface area contributed by atoms with Gasteiger partial charge >= 0.3 is 0 Å². The zero-order valence-corrected chi connectivity index (χ0v) is 13.8. The van der Waals surface area contributed by atoms with Crippen molar-refractivity contribution in [1.29, 1.82) is 5.26 Å². The van der Waals surface area contributed by atoms with Gasteiger partial charge in [0.2, 0.25) is 0 Å². The second-order valence-electron chi connectivity index (χ2n) is 5.69. The van der Waals surface area contributed by atoms with Crippen molar-refractivity contribution in [2.45, 2.75) is 24.0 Å². The van der Waals surface area contributed by atoms with Gasteiger partial charge in [0.1, 0.15) is 0 Å². The van der Waals surface area contributed by atoms with Crippen LogP contribution >= 0.6 is 0 Å². The van der Waals surface area contributed by atoms with Crippen LogP contribution in [0.3, 0.4) is 0 Å². The number of piperidine rings is 1. The maximum absolute atomic E-state index is 12.7. The molecule has 0 aliphatic carbocycles. The van der Waals surface area contributed by atoms with Gasteiger partial charge in [-0.1, -0.05) is 18.2 Å². The number of rotatable bonds is 3. The number of pyridine rings is 1. The molecular formula is C17H17N3O3S. The lowest BCUT2D eigenvalue weighted by Crippen LogP contribution is -2.40. The minimum absolute atomic E-state index is 0.000694. The van der Waals surface area contributed by atoms with E-state index in [1.165, 1.54) is 10.4 Å². The molecule has 0 unspecified atom stereocenters. The van der Waals surface area contributed by atoms with Gasteiger partial charge in [-0.15, -0.1) is 0 Å². The van der Waals surface area contributed by atoms with E-state index in [0.717, 1.165) is 5.56 Å². The molecule has 2 heterocycles. The fourth-order valence-electron chi connectivity index (χ4n) is 2.65. The number of nitrogens with zero attached hydrogens (tertiary/aromatic N) is 3. The fraction of sp³-hybridized carbons (Fsp3) is 0.294. The number of aromatic nitrogens is 1. The Bertz CT molecular complexity index is 865. The Labute approximate surface area is 141 Å². The molecule has 1 saturated heterocycles. The lowest BCUT2D eigenvalue weighted by atomic mass is 10.1. The molecular weight excluding hydrogens is 326 g/mol. The molecule has 1 fully saturated rings. The van der Waals surface area contributed by atoms with Crippen LogP contribution in [0, 0.1) is 11.3 Å². The Hall–Kier alpha value is -2.27. The maximum Gasteiger partial charge on any atom is 0.260 e. The van der Waals surface area contributed by atoms with Gasteiger partial charge in [-0.25, -0.2) is 13.4 Å². The van der Waals surface area contributed by atoms with Crippen LogP contribution in [0.5, 0.6) is 0 Å². The predicted molar refractivity (Wildman–Crippen MR) is 88.4 cm³/mol. The van der Waals surface area contributed by atoms with Crippen molar-refractivity contribution in [3.63, 3.8) is 0 Å². The van der Waals surface area contributed by atoms with Crippen LogP contribution in [0.25, 0.3) is 11.3 Å². The Morgan fingerprint density at radius 3 is 2.42 bits per heavy atom. The minimum atomic E-state index is -3.67. The fourth-order valence-corrected chi connectivity index (χ4v) is 4.07. The van der Waals surface area contributed by atoms with Gasteiger partial charge in [0.15, 0.2) is 5.03 Å². The number of nitriles is 1. The standard InChI is InChI=1S/C17H17N3O3S/c18-12-13-4-6-14(7-5-13)16-2-1-3-17(19-16)24(22,23)20-10-8-15(21)9-11-20/h1-7,15,21H,8-11H2. The van der Waals surface area contributed by atoms with Crippen LogP contribution in [0.1, 0.15) is 18.4 Å². The molecule has 0 atom stereocenters. The van der Waals surface area contributed by atoms with Gasteiger partial charge in [0.05, 0.1) is 23.4 Å². The summed E-state index contributed by atoms with van der Waals surface area (Å²) in [6.45, 7) is 0.596. The van der Waals surface area contributed by atoms with Crippen LogP contribution in [-0.4, -0.2) is 42.0 Å². The first-order valence-corrected chi connectivity index (χ1v) is 9.10. The number of sulfonamides is 1. The molecule has 6 nitrogen and oxygen atoms in total. The van der Waals surface area contributed by atoms with Crippen molar-refractivity contribution in [2.75, 3.05) is 13.1 Å². The SMILES string of the molecule is N#Cc1ccc(-c2cccc(S(=O)(=O)N3CCC(O)CC3)n2)cc1. The van der Waals surface area contributed by atoms with E-state index in [1.54, 1.807) is 36.4 Å². The summed E-state index contributed by atoms with van der Waals surface area (Å²) in [6, 6.07) is 13.8. The average molecular weight is 343 g/mol. The highest BCUT2D eigenvalue weighted by atomic mass is 32.2. The number of benzene rings is 1. The highest BCUT2D eigenvalue weighted by molar-refractivity contribution is 7.89. The smallest absolute Gasteiger partial charge is 0.260 e. The lowest BCUT2D eigenvalue weighted by molar-refractivity contribution is 0.113. The van der Waals surface area contributed by atoms with Crippen LogP contribution in [0.4, 0.5) is 0 Å². The summed E-state index contributed by atoms with van der Waals surface area (Å²) in [5.41, 5.74) is 1.83. The second kappa shape index (κ2) is 6.69.